The number of amides is 1. The van der Waals surface area contributed by atoms with Crippen molar-refractivity contribution >= 4 is 32.6 Å². The van der Waals surface area contributed by atoms with Crippen molar-refractivity contribution in [1.29, 1.82) is 0 Å². The number of hydrogen-bond acceptors (Lipinski definition) is 4. The fourth-order valence-electron chi connectivity index (χ4n) is 1.72. The maximum Gasteiger partial charge on any atom is 0.243 e. The number of fused-ring (bicyclic) bond motifs is 1. The second-order valence-electron chi connectivity index (χ2n) is 5.77. The summed E-state index contributed by atoms with van der Waals surface area (Å²) in [5.41, 5.74) is 7.71. The number of para-hydroxylation sites is 1. The number of anilines is 1. The molecule has 0 aliphatic heterocycles. The molecular weight excluding hydrogens is 258 g/mol. The lowest BCUT2D eigenvalue weighted by molar-refractivity contribution is -0.119. The van der Waals surface area contributed by atoms with Crippen LogP contribution in [-0.2, 0) is 4.79 Å². The van der Waals surface area contributed by atoms with Crippen LogP contribution in [0.1, 0.15) is 26.3 Å². The Morgan fingerprint density at radius 3 is 2.68 bits per heavy atom. The van der Waals surface area contributed by atoms with Gasteiger partial charge >= 0.3 is 0 Å². The maximum atomic E-state index is 12.1. The normalized spacial score (nSPS) is 13.5. The molecule has 2 aromatic rings. The molecule has 0 bridgehead atoms. The summed E-state index contributed by atoms with van der Waals surface area (Å²) < 4.78 is 1.07. The SMILES string of the molecule is Cc1cccc2sc(NC(=O)[C@@H](N)C(C)(C)C)nc12. The number of aromatic nitrogens is 1. The number of rotatable bonds is 2. The minimum Gasteiger partial charge on any atom is -0.319 e. The van der Waals surface area contributed by atoms with E-state index in [9.17, 15) is 4.79 Å². The van der Waals surface area contributed by atoms with Crippen LogP contribution < -0.4 is 11.1 Å². The van der Waals surface area contributed by atoms with Gasteiger partial charge in [0, 0.05) is 0 Å². The van der Waals surface area contributed by atoms with Crippen molar-refractivity contribution in [3.05, 3.63) is 23.8 Å². The Labute approximate surface area is 117 Å². The lowest BCUT2D eigenvalue weighted by Crippen LogP contribution is -2.45. The van der Waals surface area contributed by atoms with Gasteiger partial charge < -0.3 is 11.1 Å². The van der Waals surface area contributed by atoms with E-state index in [2.05, 4.69) is 10.3 Å². The van der Waals surface area contributed by atoms with Gasteiger partial charge in [0.2, 0.25) is 5.91 Å². The molecule has 4 nitrogen and oxygen atoms in total. The molecule has 19 heavy (non-hydrogen) atoms. The number of aryl methyl sites for hydroxylation is 1. The van der Waals surface area contributed by atoms with Gasteiger partial charge in [0.05, 0.1) is 16.3 Å². The summed E-state index contributed by atoms with van der Waals surface area (Å²) in [6, 6.07) is 5.44. The van der Waals surface area contributed by atoms with Crippen molar-refractivity contribution in [2.24, 2.45) is 11.1 Å². The molecule has 1 aromatic carbocycles. The number of carbonyl (C=O) groups is 1. The summed E-state index contributed by atoms with van der Waals surface area (Å²) in [7, 11) is 0. The van der Waals surface area contributed by atoms with E-state index in [1.807, 2.05) is 45.9 Å². The van der Waals surface area contributed by atoms with Crippen LogP contribution in [0.3, 0.4) is 0 Å². The van der Waals surface area contributed by atoms with Crippen LogP contribution >= 0.6 is 11.3 Å². The van der Waals surface area contributed by atoms with Crippen LogP contribution in [0.4, 0.5) is 5.13 Å². The molecule has 0 unspecified atom stereocenters. The Hall–Kier alpha value is -1.46. The number of carbonyl (C=O) groups excluding carboxylic acids is 1. The van der Waals surface area contributed by atoms with Crippen LogP contribution in [0.15, 0.2) is 18.2 Å². The second kappa shape index (κ2) is 4.90. The van der Waals surface area contributed by atoms with Gasteiger partial charge in [-0.2, -0.15) is 0 Å². The Morgan fingerprint density at radius 2 is 2.11 bits per heavy atom. The monoisotopic (exact) mass is 277 g/mol. The molecule has 1 aromatic heterocycles. The van der Waals surface area contributed by atoms with E-state index < -0.39 is 6.04 Å². The van der Waals surface area contributed by atoms with Crippen LogP contribution in [-0.4, -0.2) is 16.9 Å². The van der Waals surface area contributed by atoms with E-state index in [0.29, 0.717) is 5.13 Å². The summed E-state index contributed by atoms with van der Waals surface area (Å²) in [5, 5.41) is 3.41. The topological polar surface area (TPSA) is 68.0 Å². The maximum absolute atomic E-state index is 12.1. The van der Waals surface area contributed by atoms with Crippen LogP contribution in [0.25, 0.3) is 10.2 Å². The van der Waals surface area contributed by atoms with Crippen molar-refractivity contribution in [3.8, 4) is 0 Å². The lowest BCUT2D eigenvalue weighted by atomic mass is 9.87. The first-order valence-corrected chi connectivity index (χ1v) is 7.03. The number of thiazole rings is 1. The highest BCUT2D eigenvalue weighted by Crippen LogP contribution is 2.28. The average molecular weight is 277 g/mol. The summed E-state index contributed by atoms with van der Waals surface area (Å²) >= 11 is 1.47. The Bertz CT molecular complexity index is 613. The molecule has 3 N–H and O–H groups in total. The van der Waals surface area contributed by atoms with Crippen molar-refractivity contribution in [2.75, 3.05) is 5.32 Å². The van der Waals surface area contributed by atoms with Gasteiger partial charge in [0.15, 0.2) is 5.13 Å². The third-order valence-electron chi connectivity index (χ3n) is 3.07. The van der Waals surface area contributed by atoms with Crippen LogP contribution in [0.2, 0.25) is 0 Å². The number of nitrogens with zero attached hydrogens (tertiary/aromatic N) is 1. The highest BCUT2D eigenvalue weighted by atomic mass is 32.1. The molecule has 1 atom stereocenters. The molecule has 0 saturated heterocycles. The van der Waals surface area contributed by atoms with E-state index in [1.165, 1.54) is 11.3 Å². The highest BCUT2D eigenvalue weighted by molar-refractivity contribution is 7.22. The van der Waals surface area contributed by atoms with E-state index in [1.54, 1.807) is 0 Å². The Morgan fingerprint density at radius 1 is 1.42 bits per heavy atom. The highest BCUT2D eigenvalue weighted by Gasteiger charge is 2.28. The van der Waals surface area contributed by atoms with Gasteiger partial charge in [-0.15, -0.1) is 0 Å². The van der Waals surface area contributed by atoms with Gasteiger partial charge in [0.1, 0.15) is 0 Å². The van der Waals surface area contributed by atoms with Gasteiger partial charge in [-0.3, -0.25) is 4.79 Å². The van der Waals surface area contributed by atoms with Gasteiger partial charge in [-0.25, -0.2) is 4.98 Å². The fraction of sp³-hybridized carbons (Fsp3) is 0.429. The first kappa shape index (κ1) is 14.0. The number of nitrogens with one attached hydrogen (secondary N) is 1. The number of benzene rings is 1. The predicted octanol–water partition coefficient (Wildman–Crippen LogP) is 2.92. The zero-order valence-electron chi connectivity index (χ0n) is 11.7. The molecule has 5 heteroatoms. The molecule has 0 saturated carbocycles. The second-order valence-corrected chi connectivity index (χ2v) is 6.80. The summed E-state index contributed by atoms with van der Waals surface area (Å²) in [6.45, 7) is 7.84. The van der Waals surface area contributed by atoms with E-state index in [4.69, 9.17) is 5.73 Å². The Kier molecular flexibility index (Phi) is 3.60. The molecule has 102 valence electrons. The molecule has 0 aliphatic rings. The third kappa shape index (κ3) is 2.93. The van der Waals surface area contributed by atoms with E-state index >= 15 is 0 Å². The zero-order chi connectivity index (χ0) is 14.2. The van der Waals surface area contributed by atoms with Crippen molar-refractivity contribution in [3.63, 3.8) is 0 Å². The molecular formula is C14H19N3OS. The van der Waals surface area contributed by atoms with Crippen LogP contribution in [0, 0.1) is 12.3 Å². The van der Waals surface area contributed by atoms with Crippen LogP contribution in [0.5, 0.6) is 0 Å². The number of nitrogens with two attached hydrogens (primary N) is 1. The predicted molar refractivity (Wildman–Crippen MR) is 80.4 cm³/mol. The summed E-state index contributed by atoms with van der Waals surface area (Å²) in [5.74, 6) is -0.191. The standard InChI is InChI=1S/C14H19N3OS/c1-8-6-5-7-9-10(8)16-13(19-9)17-12(18)11(15)14(2,3)4/h5-7,11H,15H2,1-4H3,(H,16,17,18)/t11-/m1/s1. The molecule has 0 radical (unpaired) electrons. The largest absolute Gasteiger partial charge is 0.319 e. The van der Waals surface area contributed by atoms with E-state index in [-0.39, 0.29) is 11.3 Å². The molecule has 2 rings (SSSR count). The lowest BCUT2D eigenvalue weighted by Gasteiger charge is -2.25. The smallest absolute Gasteiger partial charge is 0.243 e. The molecule has 0 aliphatic carbocycles. The first-order chi connectivity index (χ1) is 8.79. The van der Waals surface area contributed by atoms with Crippen molar-refractivity contribution < 1.29 is 4.79 Å². The third-order valence-corrected chi connectivity index (χ3v) is 4.00. The van der Waals surface area contributed by atoms with Gasteiger partial charge in [0.25, 0.3) is 0 Å². The van der Waals surface area contributed by atoms with Crippen molar-refractivity contribution in [2.45, 2.75) is 33.7 Å². The zero-order valence-corrected chi connectivity index (χ0v) is 12.5. The summed E-state index contributed by atoms with van der Waals surface area (Å²) in [6.07, 6.45) is 0. The quantitative estimate of drug-likeness (QED) is 0.887. The number of hydrogen-bond donors (Lipinski definition) is 2. The minimum absolute atomic E-state index is 0.191. The van der Waals surface area contributed by atoms with Gasteiger partial charge in [-0.1, -0.05) is 44.2 Å². The minimum atomic E-state index is -0.555. The Balaban J connectivity index is 2.23. The van der Waals surface area contributed by atoms with E-state index in [0.717, 1.165) is 15.8 Å². The molecule has 0 fully saturated rings. The first-order valence-electron chi connectivity index (χ1n) is 6.21. The molecule has 1 amide bonds. The molecule has 0 spiro atoms. The average Bonchev–Trinajstić information content (AvgIpc) is 2.70. The molecule has 1 heterocycles. The van der Waals surface area contributed by atoms with Crippen molar-refractivity contribution in [1.82, 2.24) is 4.98 Å². The van der Waals surface area contributed by atoms with Gasteiger partial charge in [-0.05, 0) is 24.0 Å². The fourth-order valence-corrected chi connectivity index (χ4v) is 2.66. The summed E-state index contributed by atoms with van der Waals surface area (Å²) in [4.78, 5) is 16.5.